The molecule has 0 saturated heterocycles. The number of benzene rings is 1. The summed E-state index contributed by atoms with van der Waals surface area (Å²) >= 11 is 13.4. The van der Waals surface area contributed by atoms with E-state index in [4.69, 9.17) is 33.8 Å². The first-order chi connectivity index (χ1) is 11.5. The Morgan fingerprint density at radius 1 is 1.29 bits per heavy atom. The molecule has 1 aromatic carbocycles. The fraction of sp³-hybridized carbons (Fsp3) is 0. The van der Waals surface area contributed by atoms with Gasteiger partial charge in [-0.1, -0.05) is 34.4 Å². The van der Waals surface area contributed by atoms with Gasteiger partial charge in [0, 0.05) is 10.6 Å². The van der Waals surface area contributed by atoms with Gasteiger partial charge in [0.05, 0.1) is 15.6 Å². The zero-order valence-electron chi connectivity index (χ0n) is 12.0. The lowest BCUT2D eigenvalue weighted by Gasteiger charge is -2.00. The number of hydrogen-bond donors (Lipinski definition) is 2. The Bertz CT molecular complexity index is 906. The van der Waals surface area contributed by atoms with E-state index in [1.807, 2.05) is 11.4 Å². The SMILES string of the molecule is N/C(=N\OC(=O)c1cc(-c2ccc(Cl)cc2Cl)n[nH]1)c1cccs1. The molecule has 0 fully saturated rings. The standard InChI is InChI=1S/C15H10Cl2N4O2S/c16-8-3-4-9(10(17)6-8)11-7-12(20-19-11)15(22)23-21-14(18)13-2-1-5-24-13/h1-7H,(H2,18,21)(H,19,20). The van der Waals surface area contributed by atoms with Crippen molar-refractivity contribution in [2.45, 2.75) is 0 Å². The molecule has 9 heteroatoms. The molecule has 0 aliphatic heterocycles. The second kappa shape index (κ2) is 7.04. The zero-order valence-corrected chi connectivity index (χ0v) is 14.3. The van der Waals surface area contributed by atoms with E-state index in [-0.39, 0.29) is 11.5 Å². The van der Waals surface area contributed by atoms with Gasteiger partial charge in [0.1, 0.15) is 5.69 Å². The van der Waals surface area contributed by atoms with Crippen LogP contribution in [0, 0.1) is 0 Å². The summed E-state index contributed by atoms with van der Waals surface area (Å²) in [5.41, 5.74) is 6.97. The molecule has 0 unspecified atom stereocenters. The molecule has 0 spiro atoms. The van der Waals surface area contributed by atoms with Crippen LogP contribution in [0.25, 0.3) is 11.3 Å². The lowest BCUT2D eigenvalue weighted by molar-refractivity contribution is 0.0509. The Kier molecular flexibility index (Phi) is 4.84. The molecule has 6 nitrogen and oxygen atoms in total. The minimum Gasteiger partial charge on any atom is -0.380 e. The first kappa shape index (κ1) is 16.5. The van der Waals surface area contributed by atoms with Gasteiger partial charge in [-0.2, -0.15) is 5.10 Å². The fourth-order valence-corrected chi connectivity index (χ4v) is 2.99. The first-order valence-electron chi connectivity index (χ1n) is 6.64. The summed E-state index contributed by atoms with van der Waals surface area (Å²) in [5, 5.41) is 13.0. The van der Waals surface area contributed by atoms with E-state index in [9.17, 15) is 4.79 Å². The molecule has 2 heterocycles. The molecular formula is C15H10Cl2N4O2S. The van der Waals surface area contributed by atoms with E-state index in [1.165, 1.54) is 17.4 Å². The van der Waals surface area contributed by atoms with Gasteiger partial charge in [0.25, 0.3) is 0 Å². The van der Waals surface area contributed by atoms with Crippen molar-refractivity contribution in [1.82, 2.24) is 10.2 Å². The van der Waals surface area contributed by atoms with Crippen LogP contribution in [0.4, 0.5) is 0 Å². The van der Waals surface area contributed by atoms with E-state index in [0.29, 0.717) is 26.2 Å². The van der Waals surface area contributed by atoms with Gasteiger partial charge < -0.3 is 10.6 Å². The number of aromatic nitrogens is 2. The average molecular weight is 381 g/mol. The van der Waals surface area contributed by atoms with Crippen LogP contribution >= 0.6 is 34.5 Å². The lowest BCUT2D eigenvalue weighted by atomic mass is 10.1. The third kappa shape index (κ3) is 3.59. The Morgan fingerprint density at radius 2 is 2.12 bits per heavy atom. The molecule has 0 aliphatic rings. The Balaban J connectivity index is 1.75. The third-order valence-electron chi connectivity index (χ3n) is 3.01. The predicted octanol–water partition coefficient (Wildman–Crippen LogP) is 3.92. The normalized spacial score (nSPS) is 11.5. The van der Waals surface area contributed by atoms with Crippen LogP contribution in [0.3, 0.4) is 0 Å². The molecular weight excluding hydrogens is 371 g/mol. The molecule has 24 heavy (non-hydrogen) atoms. The molecule has 3 aromatic rings. The number of rotatable bonds is 4. The summed E-state index contributed by atoms with van der Waals surface area (Å²) in [5.74, 6) is -0.586. The van der Waals surface area contributed by atoms with Crippen molar-refractivity contribution < 1.29 is 9.63 Å². The number of H-pyrrole nitrogens is 1. The number of carbonyl (C=O) groups is 1. The highest BCUT2D eigenvalue weighted by Crippen LogP contribution is 2.29. The zero-order chi connectivity index (χ0) is 17.1. The number of carbonyl (C=O) groups excluding carboxylic acids is 1. The molecule has 0 atom stereocenters. The Labute approximate surface area is 150 Å². The summed E-state index contributed by atoms with van der Waals surface area (Å²) in [6.45, 7) is 0. The number of nitrogens with two attached hydrogens (primary N) is 1. The van der Waals surface area contributed by atoms with Crippen molar-refractivity contribution in [3.05, 3.63) is 62.4 Å². The topological polar surface area (TPSA) is 93.4 Å². The van der Waals surface area contributed by atoms with Crippen molar-refractivity contribution in [3.63, 3.8) is 0 Å². The van der Waals surface area contributed by atoms with E-state index in [2.05, 4.69) is 15.4 Å². The number of hydrogen-bond acceptors (Lipinski definition) is 5. The van der Waals surface area contributed by atoms with Gasteiger partial charge in [-0.25, -0.2) is 4.79 Å². The summed E-state index contributed by atoms with van der Waals surface area (Å²) in [6.07, 6.45) is 0. The predicted molar refractivity (Wildman–Crippen MR) is 94.5 cm³/mol. The van der Waals surface area contributed by atoms with Crippen LogP contribution in [0.2, 0.25) is 10.0 Å². The fourth-order valence-electron chi connectivity index (χ4n) is 1.87. The number of oxime groups is 1. The van der Waals surface area contributed by atoms with Crippen molar-refractivity contribution in [3.8, 4) is 11.3 Å². The summed E-state index contributed by atoms with van der Waals surface area (Å²) in [7, 11) is 0. The third-order valence-corrected chi connectivity index (χ3v) is 4.45. The summed E-state index contributed by atoms with van der Waals surface area (Å²) in [4.78, 5) is 17.5. The summed E-state index contributed by atoms with van der Waals surface area (Å²) in [6, 6.07) is 10.1. The highest BCUT2D eigenvalue weighted by atomic mass is 35.5. The second-order valence-electron chi connectivity index (χ2n) is 4.62. The van der Waals surface area contributed by atoms with Gasteiger partial charge in [0.2, 0.25) is 0 Å². The quantitative estimate of drug-likeness (QED) is 0.310. The molecule has 122 valence electrons. The smallest absolute Gasteiger partial charge is 0.380 e. The van der Waals surface area contributed by atoms with Crippen molar-refractivity contribution in [2.75, 3.05) is 0 Å². The minimum atomic E-state index is -0.710. The van der Waals surface area contributed by atoms with Crippen LogP contribution in [0.1, 0.15) is 15.4 Å². The van der Waals surface area contributed by atoms with Crippen LogP contribution in [-0.2, 0) is 4.84 Å². The van der Waals surface area contributed by atoms with Crippen LogP contribution in [0.15, 0.2) is 46.9 Å². The lowest BCUT2D eigenvalue weighted by Crippen LogP contribution is -2.13. The highest BCUT2D eigenvalue weighted by molar-refractivity contribution is 7.12. The van der Waals surface area contributed by atoms with Crippen LogP contribution < -0.4 is 5.73 Å². The van der Waals surface area contributed by atoms with E-state index >= 15 is 0 Å². The van der Waals surface area contributed by atoms with E-state index < -0.39 is 5.97 Å². The monoisotopic (exact) mass is 380 g/mol. The van der Waals surface area contributed by atoms with Crippen molar-refractivity contribution >= 4 is 46.3 Å². The van der Waals surface area contributed by atoms with Crippen molar-refractivity contribution in [2.24, 2.45) is 10.9 Å². The number of nitrogens with zero attached hydrogens (tertiary/aromatic N) is 2. The maximum Gasteiger partial charge on any atom is 0.383 e. The number of amidine groups is 1. The molecule has 3 N–H and O–H groups in total. The number of thiophene rings is 1. The maximum atomic E-state index is 12.0. The molecule has 0 bridgehead atoms. The molecule has 3 rings (SSSR count). The van der Waals surface area contributed by atoms with Crippen LogP contribution in [-0.4, -0.2) is 22.0 Å². The Hall–Kier alpha value is -2.35. The number of aromatic amines is 1. The molecule has 0 amide bonds. The van der Waals surface area contributed by atoms with Gasteiger partial charge in [-0.3, -0.25) is 5.10 Å². The number of halogens is 2. The minimum absolute atomic E-state index is 0.124. The largest absolute Gasteiger partial charge is 0.383 e. The molecule has 0 aliphatic carbocycles. The second-order valence-corrected chi connectivity index (χ2v) is 6.41. The first-order valence-corrected chi connectivity index (χ1v) is 8.27. The maximum absolute atomic E-state index is 12.0. The van der Waals surface area contributed by atoms with Crippen molar-refractivity contribution in [1.29, 1.82) is 0 Å². The Morgan fingerprint density at radius 3 is 2.83 bits per heavy atom. The van der Waals surface area contributed by atoms with Crippen LogP contribution in [0.5, 0.6) is 0 Å². The summed E-state index contributed by atoms with van der Waals surface area (Å²) < 4.78 is 0. The average Bonchev–Trinajstić information content (AvgIpc) is 3.23. The number of nitrogens with one attached hydrogen (secondary N) is 1. The van der Waals surface area contributed by atoms with Gasteiger partial charge in [-0.15, -0.1) is 11.3 Å². The molecule has 2 aromatic heterocycles. The van der Waals surface area contributed by atoms with Gasteiger partial charge in [-0.05, 0) is 35.7 Å². The molecule has 0 saturated carbocycles. The van der Waals surface area contributed by atoms with E-state index in [0.717, 1.165) is 0 Å². The highest BCUT2D eigenvalue weighted by Gasteiger charge is 2.15. The van der Waals surface area contributed by atoms with Gasteiger partial charge in [0.15, 0.2) is 5.84 Å². The molecule has 0 radical (unpaired) electrons. The van der Waals surface area contributed by atoms with E-state index in [1.54, 1.807) is 24.3 Å². The van der Waals surface area contributed by atoms with Gasteiger partial charge >= 0.3 is 5.97 Å².